The topological polar surface area (TPSA) is 62.5 Å². The largest absolute Gasteiger partial charge is 0.310 e. The van der Waals surface area contributed by atoms with Crippen molar-refractivity contribution in [1.29, 1.82) is 0 Å². The minimum absolute atomic E-state index is 0.0325. The van der Waals surface area contributed by atoms with Crippen LogP contribution in [0.2, 0.25) is 0 Å². The Morgan fingerprint density at radius 3 is 2.46 bits per heavy atom. The Morgan fingerprint density at radius 2 is 1.77 bits per heavy atom. The van der Waals surface area contributed by atoms with E-state index in [9.17, 15) is 4.79 Å². The van der Waals surface area contributed by atoms with Gasteiger partial charge in [-0.2, -0.15) is 0 Å². The SMILES string of the molecule is CC.CCN(CC)CCN(N)c1ccc2c(=O)c3cnccc3sc2c1. The number of pyridine rings is 1. The van der Waals surface area contributed by atoms with Crippen molar-refractivity contribution < 1.29 is 0 Å². The van der Waals surface area contributed by atoms with Crippen molar-refractivity contribution in [2.45, 2.75) is 27.7 Å². The molecule has 0 radical (unpaired) electrons. The molecule has 140 valence electrons. The van der Waals surface area contributed by atoms with Gasteiger partial charge in [-0.3, -0.25) is 9.78 Å². The molecule has 3 rings (SSSR count). The van der Waals surface area contributed by atoms with E-state index >= 15 is 0 Å². The summed E-state index contributed by atoms with van der Waals surface area (Å²) < 4.78 is 1.90. The number of benzene rings is 1. The lowest BCUT2D eigenvalue weighted by molar-refractivity contribution is 0.309. The summed E-state index contributed by atoms with van der Waals surface area (Å²) in [6, 6.07) is 7.67. The van der Waals surface area contributed by atoms with Crippen LogP contribution in [-0.4, -0.2) is 36.1 Å². The zero-order chi connectivity index (χ0) is 19.1. The summed E-state index contributed by atoms with van der Waals surface area (Å²) in [5.74, 6) is 6.22. The van der Waals surface area contributed by atoms with Gasteiger partial charge in [0.25, 0.3) is 0 Å². The van der Waals surface area contributed by atoms with Crippen LogP contribution in [0.5, 0.6) is 0 Å². The Balaban J connectivity index is 0.00000117. The molecule has 0 saturated carbocycles. The normalized spacial score (nSPS) is 10.8. The first-order valence-corrected chi connectivity index (χ1v) is 10.0. The number of hydrogen-bond acceptors (Lipinski definition) is 6. The minimum atomic E-state index is 0.0325. The summed E-state index contributed by atoms with van der Waals surface area (Å²) in [6.07, 6.45) is 3.36. The number of nitrogens with zero attached hydrogens (tertiary/aromatic N) is 3. The first-order valence-electron chi connectivity index (χ1n) is 9.19. The molecule has 6 heteroatoms. The van der Waals surface area contributed by atoms with Gasteiger partial charge in [0, 0.05) is 40.3 Å². The van der Waals surface area contributed by atoms with Crippen LogP contribution in [-0.2, 0) is 0 Å². The minimum Gasteiger partial charge on any atom is -0.310 e. The Kier molecular flexibility index (Phi) is 7.50. The van der Waals surface area contributed by atoms with E-state index in [0.29, 0.717) is 5.39 Å². The van der Waals surface area contributed by atoms with Gasteiger partial charge in [0.2, 0.25) is 0 Å². The van der Waals surface area contributed by atoms with Crippen LogP contribution >= 0.6 is 11.3 Å². The molecule has 0 aliphatic rings. The van der Waals surface area contributed by atoms with Gasteiger partial charge in [-0.1, -0.05) is 27.7 Å². The molecule has 2 N–H and O–H groups in total. The van der Waals surface area contributed by atoms with E-state index in [2.05, 4.69) is 23.7 Å². The number of likely N-dealkylation sites (N-methyl/N-ethyl adjacent to an activating group) is 1. The number of hydrogen-bond donors (Lipinski definition) is 1. The lowest BCUT2D eigenvalue weighted by atomic mass is 10.2. The highest BCUT2D eigenvalue weighted by atomic mass is 32.1. The van der Waals surface area contributed by atoms with E-state index in [1.807, 2.05) is 38.1 Å². The van der Waals surface area contributed by atoms with Gasteiger partial charge in [-0.15, -0.1) is 11.3 Å². The number of anilines is 1. The van der Waals surface area contributed by atoms with Gasteiger partial charge >= 0.3 is 0 Å². The van der Waals surface area contributed by atoms with Gasteiger partial charge in [0.05, 0.1) is 11.1 Å². The van der Waals surface area contributed by atoms with Crippen LogP contribution in [0.1, 0.15) is 27.7 Å². The second kappa shape index (κ2) is 9.62. The van der Waals surface area contributed by atoms with E-state index < -0.39 is 0 Å². The molecule has 0 aliphatic carbocycles. The van der Waals surface area contributed by atoms with Crippen LogP contribution in [0, 0.1) is 0 Å². The van der Waals surface area contributed by atoms with Gasteiger partial charge < -0.3 is 9.91 Å². The molecule has 0 unspecified atom stereocenters. The van der Waals surface area contributed by atoms with Crippen molar-refractivity contribution >= 4 is 37.2 Å². The first kappa shape index (κ1) is 20.3. The summed E-state index contributed by atoms with van der Waals surface area (Å²) in [7, 11) is 0. The van der Waals surface area contributed by atoms with Crippen LogP contribution in [0.4, 0.5) is 5.69 Å². The smallest absolute Gasteiger partial charge is 0.197 e. The van der Waals surface area contributed by atoms with E-state index in [4.69, 9.17) is 5.84 Å². The molecule has 0 aliphatic heterocycles. The predicted octanol–water partition coefficient (Wildman–Crippen LogP) is 3.86. The molecule has 2 heterocycles. The average molecular weight is 373 g/mol. The second-order valence-electron chi connectivity index (χ2n) is 5.70. The summed E-state index contributed by atoms with van der Waals surface area (Å²) in [5, 5.41) is 3.15. The Morgan fingerprint density at radius 1 is 1.04 bits per heavy atom. The summed E-state index contributed by atoms with van der Waals surface area (Å²) in [5.41, 5.74) is 0.962. The molecule has 0 fully saturated rings. The van der Waals surface area contributed by atoms with E-state index in [0.717, 1.165) is 46.7 Å². The molecule has 0 amide bonds. The van der Waals surface area contributed by atoms with Crippen LogP contribution in [0.3, 0.4) is 0 Å². The highest BCUT2D eigenvalue weighted by Crippen LogP contribution is 2.27. The molecule has 1 aromatic carbocycles. The van der Waals surface area contributed by atoms with Crippen molar-refractivity contribution in [1.82, 2.24) is 9.88 Å². The third-order valence-corrected chi connectivity index (χ3v) is 5.47. The van der Waals surface area contributed by atoms with E-state index in [1.54, 1.807) is 28.7 Å². The van der Waals surface area contributed by atoms with E-state index in [-0.39, 0.29) is 5.43 Å². The highest BCUT2D eigenvalue weighted by molar-refractivity contribution is 7.24. The maximum Gasteiger partial charge on any atom is 0.197 e. The third kappa shape index (κ3) is 4.38. The van der Waals surface area contributed by atoms with Gasteiger partial charge in [-0.25, -0.2) is 5.84 Å². The molecular formula is C20H28N4OS. The van der Waals surface area contributed by atoms with Crippen LogP contribution in [0.25, 0.3) is 20.2 Å². The number of rotatable bonds is 6. The maximum absolute atomic E-state index is 12.6. The van der Waals surface area contributed by atoms with Gasteiger partial charge in [0.15, 0.2) is 5.43 Å². The molecule has 0 spiro atoms. The van der Waals surface area contributed by atoms with Crippen molar-refractivity contribution in [3.63, 3.8) is 0 Å². The van der Waals surface area contributed by atoms with Crippen molar-refractivity contribution in [3.05, 3.63) is 46.9 Å². The predicted molar refractivity (Wildman–Crippen MR) is 114 cm³/mol. The number of fused-ring (bicyclic) bond motifs is 2. The van der Waals surface area contributed by atoms with Crippen molar-refractivity contribution in [2.75, 3.05) is 31.2 Å². The highest BCUT2D eigenvalue weighted by Gasteiger charge is 2.09. The Bertz CT molecular complexity index is 905. The molecular weight excluding hydrogens is 344 g/mol. The zero-order valence-corrected chi connectivity index (χ0v) is 16.8. The third-order valence-electron chi connectivity index (χ3n) is 4.34. The van der Waals surface area contributed by atoms with E-state index in [1.165, 1.54) is 0 Å². The monoisotopic (exact) mass is 372 g/mol. The summed E-state index contributed by atoms with van der Waals surface area (Å²) in [4.78, 5) is 19.0. The standard InChI is InChI=1S/C18H22N4OS.C2H6/c1-3-21(4-2)9-10-22(19)13-5-6-14-17(11-13)24-16-7-8-20-12-15(16)18(14)23;1-2/h5-8,11-12H,3-4,9-10,19H2,1-2H3;1-2H3. The fraction of sp³-hybridized carbons (Fsp3) is 0.400. The molecule has 2 aromatic heterocycles. The van der Waals surface area contributed by atoms with Crippen molar-refractivity contribution in [3.8, 4) is 0 Å². The maximum atomic E-state index is 12.6. The Hall–Kier alpha value is -2.02. The fourth-order valence-electron chi connectivity index (χ4n) is 2.78. The molecule has 26 heavy (non-hydrogen) atoms. The van der Waals surface area contributed by atoms with Gasteiger partial charge in [0.1, 0.15) is 0 Å². The molecule has 0 saturated heterocycles. The molecule has 0 atom stereocenters. The van der Waals surface area contributed by atoms with Crippen molar-refractivity contribution in [2.24, 2.45) is 5.84 Å². The Labute approximate surface area is 159 Å². The average Bonchev–Trinajstić information content (AvgIpc) is 2.70. The number of nitrogens with two attached hydrogens (primary N) is 1. The molecule has 3 aromatic rings. The number of hydrazine groups is 1. The lowest BCUT2D eigenvalue weighted by Crippen LogP contribution is -2.39. The fourth-order valence-corrected chi connectivity index (χ4v) is 3.86. The molecule has 5 nitrogen and oxygen atoms in total. The van der Waals surface area contributed by atoms with Gasteiger partial charge in [-0.05, 0) is 37.4 Å². The summed E-state index contributed by atoms with van der Waals surface area (Å²) in [6.45, 7) is 12.0. The van der Waals surface area contributed by atoms with Crippen LogP contribution in [0.15, 0.2) is 41.5 Å². The second-order valence-corrected chi connectivity index (χ2v) is 6.79. The molecule has 0 bridgehead atoms. The van der Waals surface area contributed by atoms with Crippen LogP contribution < -0.4 is 16.3 Å². The quantitative estimate of drug-likeness (QED) is 0.404. The number of aromatic nitrogens is 1. The summed E-state index contributed by atoms with van der Waals surface area (Å²) >= 11 is 1.60. The zero-order valence-electron chi connectivity index (χ0n) is 16.0. The first-order chi connectivity index (χ1) is 12.6. The lowest BCUT2D eigenvalue weighted by Gasteiger charge is -2.24.